The summed E-state index contributed by atoms with van der Waals surface area (Å²) in [6.45, 7) is 9.82. The summed E-state index contributed by atoms with van der Waals surface area (Å²) in [7, 11) is -6.90. The zero-order chi connectivity index (χ0) is 24.9. The van der Waals surface area contributed by atoms with Crippen LogP contribution in [0.3, 0.4) is 0 Å². The summed E-state index contributed by atoms with van der Waals surface area (Å²) in [4.78, 5) is 1.68. The maximum absolute atomic E-state index is 13.8. The second kappa shape index (κ2) is 15.7. The van der Waals surface area contributed by atoms with Gasteiger partial charge in [-0.1, -0.05) is 53.4 Å². The number of rotatable bonds is 19. The SMILES string of the molecule is CCCCOP(=O)(OCCCC)c1csc(-c2sccc2P(=O)(OCCCC)OCCCC)c1. The Kier molecular flexibility index (Phi) is 13.8. The van der Waals surface area contributed by atoms with Crippen LogP contribution in [0.4, 0.5) is 0 Å². The van der Waals surface area contributed by atoms with E-state index in [0.717, 1.165) is 61.1 Å². The van der Waals surface area contributed by atoms with Crippen LogP contribution >= 0.6 is 37.9 Å². The van der Waals surface area contributed by atoms with Crippen molar-refractivity contribution in [1.82, 2.24) is 0 Å². The molecule has 0 fully saturated rings. The molecule has 0 aliphatic carbocycles. The van der Waals surface area contributed by atoms with Gasteiger partial charge in [0.2, 0.25) is 0 Å². The van der Waals surface area contributed by atoms with Gasteiger partial charge in [0.25, 0.3) is 0 Å². The zero-order valence-electron chi connectivity index (χ0n) is 21.0. The van der Waals surface area contributed by atoms with Gasteiger partial charge in [-0.2, -0.15) is 0 Å². The maximum atomic E-state index is 13.8. The van der Waals surface area contributed by atoms with Gasteiger partial charge in [-0.3, -0.25) is 9.13 Å². The van der Waals surface area contributed by atoms with Gasteiger partial charge in [0.15, 0.2) is 0 Å². The number of hydrogen-bond donors (Lipinski definition) is 0. The Balaban J connectivity index is 2.33. The van der Waals surface area contributed by atoms with Crippen molar-refractivity contribution in [3.05, 3.63) is 22.9 Å². The first-order valence-electron chi connectivity index (χ1n) is 12.4. The quantitative estimate of drug-likeness (QED) is 0.129. The summed E-state index contributed by atoms with van der Waals surface area (Å²) in [5, 5.41) is 4.86. The molecule has 0 bridgehead atoms. The van der Waals surface area contributed by atoms with Crippen LogP contribution in [0.15, 0.2) is 22.9 Å². The highest BCUT2D eigenvalue weighted by atomic mass is 32.1. The molecule has 2 aromatic rings. The van der Waals surface area contributed by atoms with Crippen molar-refractivity contribution in [3.63, 3.8) is 0 Å². The van der Waals surface area contributed by atoms with Crippen LogP contribution in [-0.2, 0) is 27.2 Å². The van der Waals surface area contributed by atoms with Crippen LogP contribution in [0.5, 0.6) is 0 Å². The molecule has 10 heteroatoms. The third kappa shape index (κ3) is 8.67. The lowest BCUT2D eigenvalue weighted by atomic mass is 10.4. The van der Waals surface area contributed by atoms with E-state index < -0.39 is 15.2 Å². The minimum atomic E-state index is -3.48. The van der Waals surface area contributed by atoms with Gasteiger partial charge in [0.05, 0.1) is 41.9 Å². The molecule has 0 N–H and O–H groups in total. The largest absolute Gasteiger partial charge is 0.362 e. The zero-order valence-corrected chi connectivity index (χ0v) is 24.4. The monoisotopic (exact) mass is 550 g/mol. The van der Waals surface area contributed by atoms with E-state index >= 15 is 0 Å². The van der Waals surface area contributed by atoms with Crippen LogP contribution in [-0.4, -0.2) is 26.4 Å². The molecular weight excluding hydrogens is 510 g/mol. The first-order valence-corrected chi connectivity index (χ1v) is 17.2. The molecule has 0 spiro atoms. The highest BCUT2D eigenvalue weighted by Crippen LogP contribution is 2.53. The molecule has 0 saturated carbocycles. The Morgan fingerprint density at radius 3 is 1.65 bits per heavy atom. The van der Waals surface area contributed by atoms with E-state index in [2.05, 4.69) is 27.7 Å². The van der Waals surface area contributed by atoms with Crippen LogP contribution in [0.2, 0.25) is 0 Å². The Bertz CT molecular complexity index is 898. The summed E-state index contributed by atoms with van der Waals surface area (Å²) >= 11 is 2.93. The van der Waals surface area contributed by atoms with Crippen LogP contribution < -0.4 is 10.6 Å². The second-order valence-corrected chi connectivity index (χ2v) is 13.9. The van der Waals surface area contributed by atoms with E-state index in [1.807, 2.05) is 22.9 Å². The number of thiophene rings is 2. The van der Waals surface area contributed by atoms with Crippen molar-refractivity contribution >= 4 is 48.5 Å². The van der Waals surface area contributed by atoms with Crippen molar-refractivity contribution in [2.45, 2.75) is 79.1 Å². The lowest BCUT2D eigenvalue weighted by molar-refractivity contribution is 0.208. The first-order chi connectivity index (χ1) is 16.4. The van der Waals surface area contributed by atoms with Gasteiger partial charge in [0.1, 0.15) is 0 Å². The minimum Gasteiger partial charge on any atom is -0.305 e. The van der Waals surface area contributed by atoms with Gasteiger partial charge in [0, 0.05) is 10.3 Å². The summed E-state index contributed by atoms with van der Waals surface area (Å²) in [5.74, 6) is 0. The van der Waals surface area contributed by atoms with E-state index in [1.165, 1.54) is 22.7 Å². The highest BCUT2D eigenvalue weighted by molar-refractivity contribution is 7.63. The molecule has 194 valence electrons. The fourth-order valence-corrected chi connectivity index (χ4v) is 9.24. The summed E-state index contributed by atoms with van der Waals surface area (Å²) in [6.07, 6.45) is 7.08. The van der Waals surface area contributed by atoms with Crippen LogP contribution in [0.25, 0.3) is 9.75 Å². The average Bonchev–Trinajstić information content (AvgIpc) is 3.50. The molecule has 0 unspecified atom stereocenters. The van der Waals surface area contributed by atoms with E-state index in [1.54, 1.807) is 0 Å². The molecule has 2 aromatic heterocycles. The molecule has 0 aliphatic rings. The lowest BCUT2D eigenvalue weighted by Gasteiger charge is -2.19. The van der Waals surface area contributed by atoms with Crippen LogP contribution in [0.1, 0.15) is 79.1 Å². The fourth-order valence-electron chi connectivity index (χ4n) is 2.97. The van der Waals surface area contributed by atoms with Gasteiger partial charge in [-0.25, -0.2) is 0 Å². The number of hydrogen-bond acceptors (Lipinski definition) is 8. The predicted molar refractivity (Wildman–Crippen MR) is 146 cm³/mol. The molecule has 2 rings (SSSR count). The molecule has 0 amide bonds. The molecule has 0 radical (unpaired) electrons. The van der Waals surface area contributed by atoms with Gasteiger partial charge >= 0.3 is 15.2 Å². The standard InChI is InChI=1S/C24H40O6P2S2/c1-5-9-14-27-31(25,28-15-10-6-2)21-19-23(34-20-21)24-22(13-18-33-24)32(26,29-16-11-7-3)30-17-12-8-4/h13,18-20H,5-12,14-17H2,1-4H3. The molecule has 6 nitrogen and oxygen atoms in total. The molecule has 34 heavy (non-hydrogen) atoms. The Morgan fingerprint density at radius 1 is 0.706 bits per heavy atom. The Morgan fingerprint density at radius 2 is 1.18 bits per heavy atom. The normalized spacial score (nSPS) is 12.5. The van der Waals surface area contributed by atoms with Crippen molar-refractivity contribution in [3.8, 4) is 9.75 Å². The van der Waals surface area contributed by atoms with E-state index in [-0.39, 0.29) is 0 Å². The van der Waals surface area contributed by atoms with E-state index in [4.69, 9.17) is 18.1 Å². The first kappa shape index (κ1) is 29.9. The topological polar surface area (TPSA) is 71.1 Å². The molecular formula is C24H40O6P2S2. The van der Waals surface area contributed by atoms with Gasteiger partial charge in [-0.15, -0.1) is 22.7 Å². The molecule has 0 aliphatic heterocycles. The van der Waals surface area contributed by atoms with Crippen molar-refractivity contribution in [2.24, 2.45) is 0 Å². The summed E-state index contributed by atoms with van der Waals surface area (Å²) in [5.41, 5.74) is 0. The third-order valence-electron chi connectivity index (χ3n) is 5.10. The Hall–Kier alpha value is -0.300. The van der Waals surface area contributed by atoms with Gasteiger partial charge < -0.3 is 18.1 Å². The van der Waals surface area contributed by atoms with Gasteiger partial charge in [-0.05, 0) is 43.2 Å². The van der Waals surface area contributed by atoms with Crippen LogP contribution in [0, 0.1) is 0 Å². The third-order valence-corrected chi connectivity index (χ3v) is 11.4. The smallest absolute Gasteiger partial charge is 0.305 e. The van der Waals surface area contributed by atoms with Crippen molar-refractivity contribution in [2.75, 3.05) is 26.4 Å². The van der Waals surface area contributed by atoms with E-state index in [0.29, 0.717) is 37.0 Å². The predicted octanol–water partition coefficient (Wildman–Crippen LogP) is 8.38. The molecule has 0 atom stereocenters. The van der Waals surface area contributed by atoms with Crippen molar-refractivity contribution in [1.29, 1.82) is 0 Å². The molecule has 0 aromatic carbocycles. The average molecular weight is 551 g/mol. The lowest BCUT2D eigenvalue weighted by Crippen LogP contribution is -2.12. The summed E-state index contributed by atoms with van der Waals surface area (Å²) < 4.78 is 50.8. The fraction of sp³-hybridized carbons (Fsp3) is 0.667. The summed E-state index contributed by atoms with van der Waals surface area (Å²) in [6, 6.07) is 3.67. The van der Waals surface area contributed by atoms with E-state index in [9.17, 15) is 9.13 Å². The maximum Gasteiger partial charge on any atom is 0.362 e. The highest BCUT2D eigenvalue weighted by Gasteiger charge is 2.34. The molecule has 0 saturated heterocycles. The Labute approximate surface area is 213 Å². The number of unbranched alkanes of at least 4 members (excludes halogenated alkanes) is 4. The van der Waals surface area contributed by atoms with Crippen molar-refractivity contribution < 1.29 is 27.2 Å². The second-order valence-electron chi connectivity index (χ2n) is 8.05. The molecule has 2 heterocycles. The minimum absolute atomic E-state index is 0.386.